The molecule has 0 N–H and O–H groups in total. The highest BCUT2D eigenvalue weighted by molar-refractivity contribution is 14.1. The molecule has 0 aliphatic carbocycles. The first-order valence-electron chi connectivity index (χ1n) is 5.56. The third-order valence-corrected chi connectivity index (χ3v) is 4.74. The fourth-order valence-electron chi connectivity index (χ4n) is 1.83. The Morgan fingerprint density at radius 3 is 2.79 bits per heavy atom. The molecule has 0 bridgehead atoms. The second kappa shape index (κ2) is 5.93. The molecule has 0 spiro atoms. The van der Waals surface area contributed by atoms with Crippen molar-refractivity contribution in [2.75, 3.05) is 0 Å². The third kappa shape index (κ3) is 3.20. The molecule has 0 atom stereocenters. The second-order valence-electron chi connectivity index (χ2n) is 4.19. The van der Waals surface area contributed by atoms with Crippen LogP contribution < -0.4 is 0 Å². The van der Waals surface area contributed by atoms with E-state index < -0.39 is 0 Å². The van der Waals surface area contributed by atoms with Crippen molar-refractivity contribution in [1.29, 1.82) is 0 Å². The Morgan fingerprint density at radius 2 is 2.21 bits per heavy atom. The van der Waals surface area contributed by atoms with Crippen LogP contribution in [-0.4, -0.2) is 15.6 Å². The average Bonchev–Trinajstić information content (AvgIpc) is 2.59. The van der Waals surface area contributed by atoms with E-state index >= 15 is 0 Å². The normalized spacial score (nSPS) is 10.8. The summed E-state index contributed by atoms with van der Waals surface area (Å²) < 4.78 is 3.49. The summed E-state index contributed by atoms with van der Waals surface area (Å²) in [5.41, 5.74) is 2.20. The molecule has 1 aromatic carbocycles. The van der Waals surface area contributed by atoms with Crippen LogP contribution in [0.5, 0.6) is 0 Å². The Balaban J connectivity index is 2.33. The van der Waals surface area contributed by atoms with Gasteiger partial charge in [-0.25, -0.2) is 0 Å². The van der Waals surface area contributed by atoms with E-state index in [9.17, 15) is 4.79 Å². The minimum Gasteiger partial charge on any atom is -0.294 e. The van der Waals surface area contributed by atoms with Gasteiger partial charge in [-0.15, -0.1) is 0 Å². The van der Waals surface area contributed by atoms with E-state index in [1.807, 2.05) is 25.1 Å². The van der Waals surface area contributed by atoms with Crippen molar-refractivity contribution in [3.05, 3.63) is 48.2 Å². The Hall–Kier alpha value is -0.400. The maximum atomic E-state index is 12.4. The lowest BCUT2D eigenvalue weighted by Gasteiger charge is -2.05. The summed E-state index contributed by atoms with van der Waals surface area (Å²) in [5.74, 6) is 0.0376. The van der Waals surface area contributed by atoms with Crippen LogP contribution in [0, 0.1) is 10.5 Å². The maximum Gasteiger partial charge on any atom is 0.169 e. The third-order valence-electron chi connectivity index (χ3n) is 2.82. The zero-order chi connectivity index (χ0) is 14.2. The van der Waals surface area contributed by atoms with Gasteiger partial charge in [0.15, 0.2) is 5.78 Å². The van der Waals surface area contributed by atoms with Crippen molar-refractivity contribution in [2.24, 2.45) is 7.05 Å². The summed E-state index contributed by atoms with van der Waals surface area (Å²) in [6.45, 7) is 1.83. The number of halogens is 3. The molecule has 1 aromatic heterocycles. The number of nitrogens with zero attached hydrogens (tertiary/aromatic N) is 2. The van der Waals surface area contributed by atoms with E-state index in [2.05, 4.69) is 43.6 Å². The number of rotatable bonds is 3. The smallest absolute Gasteiger partial charge is 0.169 e. The molecule has 1 heterocycles. The summed E-state index contributed by atoms with van der Waals surface area (Å²) in [7, 11) is 1.80. The number of carbonyl (C=O) groups is 1. The predicted octanol–water partition coefficient (Wildman–Crippen LogP) is 4.17. The molecule has 0 saturated carbocycles. The van der Waals surface area contributed by atoms with E-state index in [-0.39, 0.29) is 12.2 Å². The molecule has 19 heavy (non-hydrogen) atoms. The molecule has 3 nitrogen and oxygen atoms in total. The molecule has 100 valence electrons. The van der Waals surface area contributed by atoms with Crippen LogP contribution in [0.4, 0.5) is 0 Å². The van der Waals surface area contributed by atoms with Crippen molar-refractivity contribution in [2.45, 2.75) is 13.3 Å². The molecule has 0 saturated heterocycles. The standard InChI is InChI=1S/C13H11BrClIN2O/c1-7-13(15)11(18(2)17-7)6-12(19)9-5-8(14)3-4-10(9)16/h3-5H,6H2,1-2H3. The van der Waals surface area contributed by atoms with Gasteiger partial charge in [0.05, 0.1) is 22.8 Å². The van der Waals surface area contributed by atoms with Crippen molar-refractivity contribution >= 4 is 55.9 Å². The van der Waals surface area contributed by atoms with E-state index in [0.29, 0.717) is 10.6 Å². The van der Waals surface area contributed by atoms with Gasteiger partial charge < -0.3 is 0 Å². The number of hydrogen-bond acceptors (Lipinski definition) is 2. The topological polar surface area (TPSA) is 34.9 Å². The first-order valence-corrected chi connectivity index (χ1v) is 7.81. The minimum absolute atomic E-state index is 0.0376. The number of aryl methyl sites for hydroxylation is 2. The van der Waals surface area contributed by atoms with E-state index in [0.717, 1.165) is 19.4 Å². The monoisotopic (exact) mass is 452 g/mol. The minimum atomic E-state index is 0.0376. The van der Waals surface area contributed by atoms with Gasteiger partial charge >= 0.3 is 0 Å². The summed E-state index contributed by atoms with van der Waals surface area (Å²) in [4.78, 5) is 12.4. The molecular weight excluding hydrogens is 442 g/mol. The lowest BCUT2D eigenvalue weighted by molar-refractivity contribution is 0.0990. The lowest BCUT2D eigenvalue weighted by atomic mass is 10.1. The summed E-state index contributed by atoms with van der Waals surface area (Å²) in [6, 6.07) is 5.66. The van der Waals surface area contributed by atoms with Gasteiger partial charge in [-0.2, -0.15) is 5.10 Å². The van der Waals surface area contributed by atoms with Crippen LogP contribution in [0.2, 0.25) is 5.02 Å². The first-order chi connectivity index (χ1) is 8.90. The van der Waals surface area contributed by atoms with Crippen molar-refractivity contribution in [3.8, 4) is 0 Å². The summed E-state index contributed by atoms with van der Waals surface area (Å²) in [6.07, 6.45) is 0.253. The van der Waals surface area contributed by atoms with Gasteiger partial charge in [-0.05, 0) is 47.7 Å². The highest BCUT2D eigenvalue weighted by Crippen LogP contribution is 2.24. The summed E-state index contributed by atoms with van der Waals surface area (Å²) in [5, 5.41) is 4.79. The molecule has 2 aromatic rings. The molecule has 0 radical (unpaired) electrons. The largest absolute Gasteiger partial charge is 0.294 e. The molecule has 0 aliphatic rings. The van der Waals surface area contributed by atoms with Crippen LogP contribution in [0.3, 0.4) is 0 Å². The van der Waals surface area contributed by atoms with Gasteiger partial charge in [-0.1, -0.05) is 27.5 Å². The van der Waals surface area contributed by atoms with Crippen LogP contribution >= 0.6 is 50.1 Å². The fraction of sp³-hybridized carbons (Fsp3) is 0.231. The Morgan fingerprint density at radius 1 is 1.53 bits per heavy atom. The molecule has 0 aliphatic heterocycles. The van der Waals surface area contributed by atoms with E-state index in [1.54, 1.807) is 11.7 Å². The Labute approximate surface area is 138 Å². The van der Waals surface area contributed by atoms with E-state index in [4.69, 9.17) is 11.6 Å². The van der Waals surface area contributed by atoms with Crippen molar-refractivity contribution in [3.63, 3.8) is 0 Å². The quantitative estimate of drug-likeness (QED) is 0.517. The van der Waals surface area contributed by atoms with Crippen LogP contribution in [0.1, 0.15) is 21.7 Å². The zero-order valence-corrected chi connectivity index (χ0v) is 14.9. The predicted molar refractivity (Wildman–Crippen MR) is 87.8 cm³/mol. The second-order valence-corrected chi connectivity index (χ2v) is 6.65. The van der Waals surface area contributed by atoms with Gasteiger partial charge in [0.1, 0.15) is 0 Å². The molecule has 0 unspecified atom stereocenters. The maximum absolute atomic E-state index is 12.4. The van der Waals surface area contributed by atoms with E-state index in [1.165, 1.54) is 0 Å². The van der Waals surface area contributed by atoms with Crippen LogP contribution in [0.25, 0.3) is 0 Å². The highest BCUT2D eigenvalue weighted by Gasteiger charge is 2.17. The Bertz CT molecular complexity index is 654. The Kier molecular flexibility index (Phi) is 4.68. The summed E-state index contributed by atoms with van der Waals surface area (Å²) >= 11 is 11.7. The number of ketones is 1. The van der Waals surface area contributed by atoms with Crippen molar-refractivity contribution in [1.82, 2.24) is 9.78 Å². The number of benzene rings is 1. The first kappa shape index (κ1) is 15.0. The van der Waals surface area contributed by atoms with Gasteiger partial charge in [0, 0.05) is 20.7 Å². The molecule has 2 rings (SSSR count). The van der Waals surface area contributed by atoms with Gasteiger partial charge in [0.2, 0.25) is 0 Å². The molecule has 0 fully saturated rings. The number of Topliss-reactive ketones (excluding diaryl/α,β-unsaturated/α-hetero) is 1. The lowest BCUT2D eigenvalue weighted by Crippen LogP contribution is -2.09. The zero-order valence-electron chi connectivity index (χ0n) is 10.4. The highest BCUT2D eigenvalue weighted by atomic mass is 127. The van der Waals surface area contributed by atoms with Gasteiger partial charge in [0.25, 0.3) is 0 Å². The average molecular weight is 454 g/mol. The number of aromatic nitrogens is 2. The number of carbonyl (C=O) groups excluding carboxylic acids is 1. The van der Waals surface area contributed by atoms with Crippen LogP contribution in [0.15, 0.2) is 22.7 Å². The van der Waals surface area contributed by atoms with Crippen molar-refractivity contribution < 1.29 is 4.79 Å². The van der Waals surface area contributed by atoms with Gasteiger partial charge in [-0.3, -0.25) is 9.48 Å². The molecular formula is C13H11BrClIN2O. The molecule has 6 heteroatoms. The molecule has 0 amide bonds. The van der Waals surface area contributed by atoms with Crippen LogP contribution in [-0.2, 0) is 13.5 Å². The fourth-order valence-corrected chi connectivity index (χ4v) is 3.05. The number of hydrogen-bond donors (Lipinski definition) is 0. The SMILES string of the molecule is Cc1nn(C)c(CC(=O)c2cc(Br)ccc2I)c1Cl.